The van der Waals surface area contributed by atoms with Gasteiger partial charge in [0.25, 0.3) is 11.7 Å². The number of benzene rings is 2. The average Bonchev–Trinajstić information content (AvgIpc) is 3.12. The Morgan fingerprint density at radius 3 is 2.63 bits per heavy atom. The number of aliphatic hydroxyl groups is 1. The number of hydrogen-bond donors (Lipinski definition) is 1. The first-order valence-corrected chi connectivity index (χ1v) is 12.0. The smallest absolute Gasteiger partial charge is 0.295 e. The molecule has 8 nitrogen and oxygen atoms in total. The Balaban J connectivity index is 1.77. The largest absolute Gasteiger partial charge is 0.507 e. The third-order valence-corrected chi connectivity index (χ3v) is 6.08. The summed E-state index contributed by atoms with van der Waals surface area (Å²) in [7, 11) is 3.81. The number of hydrogen-bond acceptors (Lipinski definition) is 7. The van der Waals surface area contributed by atoms with Gasteiger partial charge >= 0.3 is 0 Å². The molecule has 1 N–H and O–H groups in total. The van der Waals surface area contributed by atoms with Crippen molar-refractivity contribution in [2.75, 3.05) is 47.0 Å². The van der Waals surface area contributed by atoms with Gasteiger partial charge in [0, 0.05) is 18.7 Å². The molecule has 35 heavy (non-hydrogen) atoms. The zero-order chi connectivity index (χ0) is 24.9. The maximum atomic E-state index is 13.2. The summed E-state index contributed by atoms with van der Waals surface area (Å²) < 4.78 is 17.1. The Morgan fingerprint density at radius 1 is 1.11 bits per heavy atom. The Hall–Kier alpha value is -3.52. The number of likely N-dealkylation sites (N-methyl/N-ethyl adjacent to an activating group) is 1. The first-order valence-electron chi connectivity index (χ1n) is 12.0. The second-order valence-corrected chi connectivity index (χ2v) is 8.93. The van der Waals surface area contributed by atoms with Gasteiger partial charge in [-0.2, -0.15) is 0 Å². The van der Waals surface area contributed by atoms with Crippen LogP contribution in [0.2, 0.25) is 0 Å². The van der Waals surface area contributed by atoms with Gasteiger partial charge in [-0.25, -0.2) is 0 Å². The average molecular weight is 481 g/mol. The number of ketones is 1. The lowest BCUT2D eigenvalue weighted by molar-refractivity contribution is -0.140. The van der Waals surface area contributed by atoms with Crippen molar-refractivity contribution < 1.29 is 28.9 Å². The van der Waals surface area contributed by atoms with Gasteiger partial charge in [-0.3, -0.25) is 9.59 Å². The fourth-order valence-corrected chi connectivity index (χ4v) is 4.22. The van der Waals surface area contributed by atoms with Crippen LogP contribution >= 0.6 is 0 Å². The summed E-state index contributed by atoms with van der Waals surface area (Å²) in [6.07, 6.45) is 1.94. The van der Waals surface area contributed by atoms with Crippen LogP contribution in [0.3, 0.4) is 0 Å². The van der Waals surface area contributed by atoms with Gasteiger partial charge in [-0.05, 0) is 56.4 Å². The van der Waals surface area contributed by atoms with Crippen molar-refractivity contribution in [3.05, 3.63) is 59.2 Å². The minimum Gasteiger partial charge on any atom is -0.507 e. The molecule has 0 spiro atoms. The standard InChI is InChI=1S/C27H32N2O6/c1-4-5-13-33-20-8-6-7-18(16-20)24-23(26(31)27(32)29(24)12-11-28(2)3)25(30)19-9-10-21-22(17-19)35-15-14-34-21/h6-10,16-17,24,30H,4-5,11-15H2,1-3H3/t24-/m0/s1. The highest BCUT2D eigenvalue weighted by molar-refractivity contribution is 6.46. The summed E-state index contributed by atoms with van der Waals surface area (Å²) in [5.74, 6) is 0.146. The van der Waals surface area contributed by atoms with Crippen LogP contribution in [0.15, 0.2) is 48.0 Å². The molecule has 1 amide bonds. The molecule has 186 valence electrons. The number of unbranched alkanes of at least 4 members (excludes halogenated alkanes) is 1. The zero-order valence-corrected chi connectivity index (χ0v) is 20.5. The van der Waals surface area contributed by atoms with Crippen molar-refractivity contribution >= 4 is 17.4 Å². The Kier molecular flexibility index (Phi) is 7.60. The van der Waals surface area contributed by atoms with Crippen LogP contribution in [0.4, 0.5) is 0 Å². The van der Waals surface area contributed by atoms with E-state index in [0.29, 0.717) is 61.3 Å². The number of likely N-dealkylation sites (tertiary alicyclic amines) is 1. The van der Waals surface area contributed by atoms with E-state index in [1.54, 1.807) is 18.2 Å². The molecule has 0 unspecified atom stereocenters. The predicted molar refractivity (Wildman–Crippen MR) is 132 cm³/mol. The van der Waals surface area contributed by atoms with E-state index in [9.17, 15) is 14.7 Å². The molecule has 0 aromatic heterocycles. The van der Waals surface area contributed by atoms with E-state index in [0.717, 1.165) is 12.8 Å². The van der Waals surface area contributed by atoms with Crippen molar-refractivity contribution in [3.63, 3.8) is 0 Å². The van der Waals surface area contributed by atoms with E-state index in [4.69, 9.17) is 14.2 Å². The highest BCUT2D eigenvalue weighted by Gasteiger charge is 2.46. The SMILES string of the molecule is CCCCOc1cccc([C@H]2C(=C(O)c3ccc4c(c3)OCCO4)C(=O)C(=O)N2CCN(C)C)c1. The first kappa shape index (κ1) is 24.6. The third kappa shape index (κ3) is 5.27. The molecule has 1 atom stereocenters. The van der Waals surface area contributed by atoms with Crippen molar-refractivity contribution in [2.24, 2.45) is 0 Å². The normalized spacial score (nSPS) is 18.9. The molecule has 2 aromatic carbocycles. The highest BCUT2D eigenvalue weighted by atomic mass is 16.6. The van der Waals surface area contributed by atoms with Crippen molar-refractivity contribution in [1.29, 1.82) is 0 Å². The molecule has 2 aliphatic rings. The second-order valence-electron chi connectivity index (χ2n) is 8.93. The molecule has 8 heteroatoms. The Bertz CT molecular complexity index is 1130. The lowest BCUT2D eigenvalue weighted by Crippen LogP contribution is -2.35. The van der Waals surface area contributed by atoms with Gasteiger partial charge in [0.2, 0.25) is 0 Å². The molecule has 2 aliphatic heterocycles. The molecule has 1 saturated heterocycles. The van der Waals surface area contributed by atoms with E-state index in [2.05, 4.69) is 6.92 Å². The van der Waals surface area contributed by atoms with E-state index in [1.165, 1.54) is 4.90 Å². The number of fused-ring (bicyclic) bond motifs is 1. The molecule has 4 rings (SSSR count). The van der Waals surface area contributed by atoms with Gasteiger partial charge in [0.05, 0.1) is 18.2 Å². The van der Waals surface area contributed by atoms with Gasteiger partial charge < -0.3 is 29.1 Å². The molecule has 0 saturated carbocycles. The van der Waals surface area contributed by atoms with Crippen molar-refractivity contribution in [3.8, 4) is 17.2 Å². The van der Waals surface area contributed by atoms with E-state index < -0.39 is 17.7 Å². The van der Waals surface area contributed by atoms with Gasteiger partial charge in [0.15, 0.2) is 11.5 Å². The van der Waals surface area contributed by atoms with E-state index >= 15 is 0 Å². The maximum Gasteiger partial charge on any atom is 0.295 e. The van der Waals surface area contributed by atoms with Crippen LogP contribution in [0.1, 0.15) is 36.9 Å². The molecule has 2 aromatic rings. The van der Waals surface area contributed by atoms with Crippen molar-refractivity contribution in [2.45, 2.75) is 25.8 Å². The molecule has 0 bridgehead atoms. The fourth-order valence-electron chi connectivity index (χ4n) is 4.22. The summed E-state index contributed by atoms with van der Waals surface area (Å²) in [6.45, 7) is 4.43. The minimum absolute atomic E-state index is 0.0520. The highest BCUT2D eigenvalue weighted by Crippen LogP contribution is 2.41. The molecule has 0 radical (unpaired) electrons. The Morgan fingerprint density at radius 2 is 1.89 bits per heavy atom. The minimum atomic E-state index is -0.738. The quantitative estimate of drug-likeness (QED) is 0.254. The number of nitrogens with zero attached hydrogens (tertiary/aromatic N) is 2. The number of rotatable bonds is 9. The third-order valence-electron chi connectivity index (χ3n) is 6.08. The van der Waals surface area contributed by atoms with Gasteiger partial charge in [0.1, 0.15) is 24.7 Å². The number of ether oxygens (including phenoxy) is 3. The maximum absolute atomic E-state index is 13.2. The molecular weight excluding hydrogens is 448 g/mol. The lowest BCUT2D eigenvalue weighted by Gasteiger charge is -2.27. The predicted octanol–water partition coefficient (Wildman–Crippen LogP) is 3.62. The molecule has 2 heterocycles. The topological polar surface area (TPSA) is 88.5 Å². The summed E-state index contributed by atoms with van der Waals surface area (Å²) in [6, 6.07) is 11.6. The van der Waals surface area contributed by atoms with Crippen molar-refractivity contribution in [1.82, 2.24) is 9.80 Å². The molecule has 0 aliphatic carbocycles. The van der Waals surface area contributed by atoms with Gasteiger partial charge in [-0.1, -0.05) is 25.5 Å². The van der Waals surface area contributed by atoms with Crippen LogP contribution in [0, 0.1) is 0 Å². The van der Waals surface area contributed by atoms with Gasteiger partial charge in [-0.15, -0.1) is 0 Å². The van der Waals surface area contributed by atoms with Crippen LogP contribution in [-0.4, -0.2) is 73.6 Å². The summed E-state index contributed by atoms with van der Waals surface area (Å²) in [5.41, 5.74) is 1.15. The van der Waals surface area contributed by atoms with E-state index in [1.807, 2.05) is 43.3 Å². The lowest BCUT2D eigenvalue weighted by atomic mass is 9.95. The van der Waals surface area contributed by atoms with Crippen LogP contribution in [0.5, 0.6) is 17.2 Å². The number of Topliss-reactive ketones (excluding diaryl/α,β-unsaturated/α-hetero) is 1. The number of aliphatic hydroxyl groups excluding tert-OH is 1. The number of carbonyl (C=O) groups excluding carboxylic acids is 2. The Labute approximate surface area is 205 Å². The van der Waals surface area contributed by atoms with Crippen LogP contribution in [0.25, 0.3) is 5.76 Å². The van der Waals surface area contributed by atoms with Crippen LogP contribution in [-0.2, 0) is 9.59 Å². The number of amides is 1. The fraction of sp³-hybridized carbons (Fsp3) is 0.407. The molecular formula is C27H32N2O6. The monoisotopic (exact) mass is 480 g/mol. The van der Waals surface area contributed by atoms with E-state index in [-0.39, 0.29) is 11.3 Å². The number of carbonyl (C=O) groups is 2. The van der Waals surface area contributed by atoms with Crippen LogP contribution < -0.4 is 14.2 Å². The summed E-state index contributed by atoms with van der Waals surface area (Å²) in [5, 5.41) is 11.3. The zero-order valence-electron chi connectivity index (χ0n) is 20.5. The first-order chi connectivity index (χ1) is 16.9. The second kappa shape index (κ2) is 10.8. The summed E-state index contributed by atoms with van der Waals surface area (Å²) >= 11 is 0. The summed E-state index contributed by atoms with van der Waals surface area (Å²) in [4.78, 5) is 29.8. The molecule has 1 fully saturated rings.